The first-order valence-electron chi connectivity index (χ1n) is 25.2. The molecule has 15 heteroatoms. The highest BCUT2D eigenvalue weighted by atomic mass is 16.7. The molecular weight excluding hydrogens is 853 g/mol. The zero-order valence-electron chi connectivity index (χ0n) is 40.0. The Balaban J connectivity index is 1.83. The molecule has 0 saturated carbocycles. The van der Waals surface area contributed by atoms with Gasteiger partial charge in [0.1, 0.15) is 55.4 Å². The Morgan fingerprint density at radius 2 is 0.985 bits per heavy atom. The first-order valence-corrected chi connectivity index (χ1v) is 25.2. The van der Waals surface area contributed by atoms with Gasteiger partial charge in [0.15, 0.2) is 18.7 Å². The minimum Gasteiger partial charge on any atom is -0.462 e. The molecule has 2 aliphatic rings. The summed E-state index contributed by atoms with van der Waals surface area (Å²) in [5, 5.41) is 72.0. The molecule has 2 saturated heterocycles. The smallest absolute Gasteiger partial charge is 0.306 e. The Bertz CT molecular complexity index is 1320. The highest BCUT2D eigenvalue weighted by Crippen LogP contribution is 2.26. The fourth-order valence-corrected chi connectivity index (χ4v) is 7.73. The molecule has 2 rings (SSSR count). The number of aliphatic hydroxyl groups excluding tert-OH is 7. The second-order valence-electron chi connectivity index (χ2n) is 17.7. The van der Waals surface area contributed by atoms with Crippen LogP contribution in [-0.2, 0) is 38.0 Å². The SMILES string of the molecule is C=CCCCCCCCCCCCCCCCC(=O)OC[C@H](CO[C@@H]1O[C@H](CO[C@@H]2O[C@H](CO)[C@H](O)C(O)C2O)[C@H](O)C(O)C1O)OC(=O)CCCC/C=C/C/C=C/C/C=C/CCCCC. The third kappa shape index (κ3) is 26.3. The summed E-state index contributed by atoms with van der Waals surface area (Å²) in [6.07, 6.45) is 23.2. The molecule has 0 aromatic rings. The average molecular weight is 941 g/mol. The predicted octanol–water partition coefficient (Wildman–Crippen LogP) is 6.71. The highest BCUT2D eigenvalue weighted by Gasteiger charge is 2.47. The van der Waals surface area contributed by atoms with Crippen molar-refractivity contribution in [1.29, 1.82) is 0 Å². The van der Waals surface area contributed by atoms with E-state index in [1.807, 2.05) is 6.08 Å². The van der Waals surface area contributed by atoms with Gasteiger partial charge >= 0.3 is 11.9 Å². The molecule has 2 heterocycles. The van der Waals surface area contributed by atoms with Gasteiger partial charge in [0.2, 0.25) is 0 Å². The van der Waals surface area contributed by atoms with Gasteiger partial charge in [-0.15, -0.1) is 6.58 Å². The van der Waals surface area contributed by atoms with Gasteiger partial charge in [-0.25, -0.2) is 0 Å². The van der Waals surface area contributed by atoms with E-state index in [9.17, 15) is 45.3 Å². The van der Waals surface area contributed by atoms with Gasteiger partial charge < -0.3 is 64.2 Å². The standard InChI is InChI=1S/C51H88O15/c1-3-5-7-9-11-13-15-17-19-21-23-25-27-29-31-33-42(53)61-36-39(64-43(54)34-32-30-28-26-24-22-20-18-16-14-12-10-8-6-4-2)37-62-50-49(60)47(58)45(56)41(66-50)38-63-51-48(59)46(57)44(55)40(35-52)65-51/h3,12,14,18,20,24,26,39-41,44-52,55-60H,1,4-11,13,15-17,19,21-23,25,27-38H2,2H3/b14-12+,20-18+,26-24+/t39-,40-,41-,44+,45+,46?,47?,48?,49?,50-,51-/m1/s1. The number of allylic oxidation sites excluding steroid dienone is 7. The van der Waals surface area contributed by atoms with E-state index in [4.69, 9.17) is 28.4 Å². The van der Waals surface area contributed by atoms with E-state index in [0.29, 0.717) is 12.8 Å². The summed E-state index contributed by atoms with van der Waals surface area (Å²) in [6, 6.07) is 0. The largest absolute Gasteiger partial charge is 0.462 e. The Labute approximate surface area is 395 Å². The number of carbonyl (C=O) groups is 2. The van der Waals surface area contributed by atoms with Crippen LogP contribution in [0.3, 0.4) is 0 Å². The molecule has 4 unspecified atom stereocenters. The first-order chi connectivity index (χ1) is 32.0. The fraction of sp³-hybridized carbons (Fsp3) is 0.804. The Morgan fingerprint density at radius 3 is 1.55 bits per heavy atom. The zero-order valence-corrected chi connectivity index (χ0v) is 40.0. The van der Waals surface area contributed by atoms with E-state index in [-0.39, 0.29) is 19.4 Å². The summed E-state index contributed by atoms with van der Waals surface area (Å²) in [5.41, 5.74) is 0. The monoisotopic (exact) mass is 941 g/mol. The minimum absolute atomic E-state index is 0.115. The molecule has 11 atom stereocenters. The third-order valence-electron chi connectivity index (χ3n) is 11.9. The van der Waals surface area contributed by atoms with Crippen molar-refractivity contribution < 1.29 is 73.8 Å². The number of ether oxygens (including phenoxy) is 6. The molecule has 0 spiro atoms. The predicted molar refractivity (Wildman–Crippen MR) is 252 cm³/mol. The maximum atomic E-state index is 13.0. The first kappa shape index (κ1) is 59.6. The lowest BCUT2D eigenvalue weighted by molar-refractivity contribution is -0.332. The molecule has 0 aromatic heterocycles. The van der Waals surface area contributed by atoms with E-state index in [1.165, 1.54) is 77.0 Å². The molecular formula is C51H88O15. The summed E-state index contributed by atoms with van der Waals surface area (Å²) >= 11 is 0. The molecule has 2 aliphatic heterocycles. The third-order valence-corrected chi connectivity index (χ3v) is 11.9. The van der Waals surface area contributed by atoms with Crippen LogP contribution in [0.4, 0.5) is 0 Å². The summed E-state index contributed by atoms with van der Waals surface area (Å²) in [6.45, 7) is 4.04. The van der Waals surface area contributed by atoms with Crippen LogP contribution in [0.15, 0.2) is 49.1 Å². The van der Waals surface area contributed by atoms with Gasteiger partial charge in [-0.05, 0) is 64.2 Å². The molecule has 0 radical (unpaired) electrons. The van der Waals surface area contributed by atoms with Crippen LogP contribution in [0.25, 0.3) is 0 Å². The molecule has 7 N–H and O–H groups in total. The summed E-state index contributed by atoms with van der Waals surface area (Å²) < 4.78 is 33.5. The lowest BCUT2D eigenvalue weighted by Gasteiger charge is -2.42. The van der Waals surface area contributed by atoms with Crippen LogP contribution >= 0.6 is 0 Å². The lowest BCUT2D eigenvalue weighted by Crippen LogP contribution is -2.61. The van der Waals surface area contributed by atoms with Gasteiger partial charge in [-0.1, -0.05) is 133 Å². The molecule has 15 nitrogen and oxygen atoms in total. The van der Waals surface area contributed by atoms with Crippen LogP contribution in [0, 0.1) is 0 Å². The van der Waals surface area contributed by atoms with Crippen LogP contribution in [0.5, 0.6) is 0 Å². The maximum absolute atomic E-state index is 13.0. The van der Waals surface area contributed by atoms with E-state index < -0.39 is 99.3 Å². The van der Waals surface area contributed by atoms with Crippen molar-refractivity contribution >= 4 is 11.9 Å². The second-order valence-corrected chi connectivity index (χ2v) is 17.7. The normalized spacial score (nSPS) is 26.4. The molecule has 0 aliphatic carbocycles. The molecule has 0 aromatic carbocycles. The number of hydrogen-bond donors (Lipinski definition) is 7. The van der Waals surface area contributed by atoms with Crippen molar-refractivity contribution in [3.63, 3.8) is 0 Å². The Hall–Kier alpha value is -2.54. The van der Waals surface area contributed by atoms with Crippen molar-refractivity contribution in [2.75, 3.05) is 26.4 Å². The molecule has 2 fully saturated rings. The van der Waals surface area contributed by atoms with Gasteiger partial charge in [0, 0.05) is 12.8 Å². The summed E-state index contributed by atoms with van der Waals surface area (Å²) in [7, 11) is 0. The number of rotatable bonds is 39. The van der Waals surface area contributed by atoms with E-state index in [2.05, 4.69) is 50.0 Å². The van der Waals surface area contributed by atoms with Crippen molar-refractivity contribution in [1.82, 2.24) is 0 Å². The highest BCUT2D eigenvalue weighted by molar-refractivity contribution is 5.70. The Kier molecular flexibility index (Phi) is 34.6. The van der Waals surface area contributed by atoms with E-state index >= 15 is 0 Å². The van der Waals surface area contributed by atoms with Crippen molar-refractivity contribution in [2.24, 2.45) is 0 Å². The second kappa shape index (κ2) is 38.3. The van der Waals surface area contributed by atoms with Crippen LogP contribution in [-0.4, -0.2) is 142 Å². The van der Waals surface area contributed by atoms with Gasteiger partial charge in [0.05, 0.1) is 19.8 Å². The van der Waals surface area contributed by atoms with Gasteiger partial charge in [-0.2, -0.15) is 0 Å². The van der Waals surface area contributed by atoms with Gasteiger partial charge in [0.25, 0.3) is 0 Å². The van der Waals surface area contributed by atoms with Crippen molar-refractivity contribution in [2.45, 2.75) is 235 Å². The van der Waals surface area contributed by atoms with E-state index in [0.717, 1.165) is 57.8 Å². The lowest BCUT2D eigenvalue weighted by atomic mass is 9.98. The summed E-state index contributed by atoms with van der Waals surface area (Å²) in [5.74, 6) is -0.973. The van der Waals surface area contributed by atoms with Crippen molar-refractivity contribution in [3.05, 3.63) is 49.1 Å². The van der Waals surface area contributed by atoms with Gasteiger partial charge in [-0.3, -0.25) is 9.59 Å². The summed E-state index contributed by atoms with van der Waals surface area (Å²) in [4.78, 5) is 25.7. The zero-order chi connectivity index (χ0) is 48.2. The average Bonchev–Trinajstić information content (AvgIpc) is 3.31. The molecule has 66 heavy (non-hydrogen) atoms. The Morgan fingerprint density at radius 1 is 0.530 bits per heavy atom. The number of unbranched alkanes of at least 4 members (excludes halogenated alkanes) is 18. The van der Waals surface area contributed by atoms with Crippen LogP contribution in [0.1, 0.15) is 167 Å². The fourth-order valence-electron chi connectivity index (χ4n) is 7.73. The van der Waals surface area contributed by atoms with Crippen LogP contribution < -0.4 is 0 Å². The van der Waals surface area contributed by atoms with E-state index in [1.54, 1.807) is 0 Å². The number of aliphatic hydroxyl groups is 7. The minimum atomic E-state index is -1.77. The molecule has 0 bridgehead atoms. The maximum Gasteiger partial charge on any atom is 0.306 e. The van der Waals surface area contributed by atoms with Crippen LogP contribution in [0.2, 0.25) is 0 Å². The topological polar surface area (TPSA) is 231 Å². The number of esters is 2. The number of hydrogen-bond acceptors (Lipinski definition) is 15. The van der Waals surface area contributed by atoms with Crippen molar-refractivity contribution in [3.8, 4) is 0 Å². The quantitative estimate of drug-likeness (QED) is 0.0193. The number of carbonyl (C=O) groups excluding carboxylic acids is 2. The molecule has 382 valence electrons. The molecule has 0 amide bonds.